The van der Waals surface area contributed by atoms with Gasteiger partial charge in [0.2, 0.25) is 0 Å². The lowest BCUT2D eigenvalue weighted by Crippen LogP contribution is -2.37. The number of allylic oxidation sites excluding steroid dienone is 8. The molecule has 2 N–H and O–H groups in total. The van der Waals surface area contributed by atoms with E-state index in [4.69, 9.17) is 5.73 Å². The van der Waals surface area contributed by atoms with Gasteiger partial charge in [0.15, 0.2) is 0 Å². The maximum absolute atomic E-state index is 6.59. The highest BCUT2D eigenvalue weighted by atomic mass is 14.8. The van der Waals surface area contributed by atoms with Gasteiger partial charge in [-0.05, 0) is 56.9 Å². The first-order chi connectivity index (χ1) is 9.04. The predicted octanol–water partition coefficient (Wildman–Crippen LogP) is 4.62. The van der Waals surface area contributed by atoms with Crippen molar-refractivity contribution in [3.63, 3.8) is 0 Å². The van der Waals surface area contributed by atoms with Gasteiger partial charge in [0, 0.05) is 0 Å². The Labute approximate surface area is 117 Å². The molecule has 1 nitrogen and oxygen atoms in total. The molecule has 0 amide bonds. The molecule has 0 aromatic carbocycles. The molecule has 0 radical (unpaired) electrons. The summed E-state index contributed by atoms with van der Waals surface area (Å²) in [5.74, 6) is 0. The minimum absolute atomic E-state index is 0.442. The van der Waals surface area contributed by atoms with Gasteiger partial charge in [-0.3, -0.25) is 0 Å². The van der Waals surface area contributed by atoms with Gasteiger partial charge in [-0.25, -0.2) is 0 Å². The standard InChI is InChI=1S/C18H25N/c1-6-10-14-15(11-7-2)17(13-9-4)18(5,19)16(14)12-8-3/h6-13H,19H2,1-5H3/b10-6-,11-7-,12-8-,13-9-. The molecule has 0 fully saturated rings. The predicted molar refractivity (Wildman–Crippen MR) is 85.9 cm³/mol. The zero-order valence-electron chi connectivity index (χ0n) is 12.7. The van der Waals surface area contributed by atoms with Crippen LogP contribution in [0.15, 0.2) is 70.9 Å². The van der Waals surface area contributed by atoms with Gasteiger partial charge in [0.05, 0.1) is 5.54 Å². The van der Waals surface area contributed by atoms with E-state index in [-0.39, 0.29) is 0 Å². The normalized spacial score (nSPS) is 20.3. The Bertz CT molecular complexity index is 460. The summed E-state index contributed by atoms with van der Waals surface area (Å²) >= 11 is 0. The maximum Gasteiger partial charge on any atom is 0.0648 e. The molecule has 0 aromatic rings. The molecular formula is C18H25N. The highest BCUT2D eigenvalue weighted by molar-refractivity contribution is 5.69. The Balaban J connectivity index is 3.63. The first-order valence-corrected chi connectivity index (χ1v) is 6.84. The minimum atomic E-state index is -0.442. The molecule has 0 aliphatic heterocycles. The van der Waals surface area contributed by atoms with E-state index >= 15 is 0 Å². The third-order valence-electron chi connectivity index (χ3n) is 3.32. The Morgan fingerprint density at radius 3 is 1.26 bits per heavy atom. The first-order valence-electron chi connectivity index (χ1n) is 6.84. The molecule has 1 heteroatoms. The van der Waals surface area contributed by atoms with Gasteiger partial charge in [-0.15, -0.1) is 0 Å². The topological polar surface area (TPSA) is 26.0 Å². The highest BCUT2D eigenvalue weighted by Crippen LogP contribution is 2.41. The molecule has 1 aliphatic rings. The van der Waals surface area contributed by atoms with E-state index in [1.54, 1.807) is 0 Å². The average molecular weight is 255 g/mol. The smallest absolute Gasteiger partial charge is 0.0648 e. The Morgan fingerprint density at radius 1 is 0.684 bits per heavy atom. The van der Waals surface area contributed by atoms with Gasteiger partial charge >= 0.3 is 0 Å². The van der Waals surface area contributed by atoms with Crippen molar-refractivity contribution in [2.75, 3.05) is 0 Å². The maximum atomic E-state index is 6.59. The van der Waals surface area contributed by atoms with E-state index in [1.165, 1.54) is 22.3 Å². The van der Waals surface area contributed by atoms with Crippen LogP contribution in [-0.2, 0) is 0 Å². The largest absolute Gasteiger partial charge is 0.318 e. The van der Waals surface area contributed by atoms with Crippen LogP contribution in [0.1, 0.15) is 34.6 Å². The molecule has 0 aromatic heterocycles. The summed E-state index contributed by atoms with van der Waals surface area (Å²) in [5, 5.41) is 0. The monoisotopic (exact) mass is 255 g/mol. The minimum Gasteiger partial charge on any atom is -0.318 e. The van der Waals surface area contributed by atoms with Crippen molar-refractivity contribution in [2.45, 2.75) is 40.2 Å². The molecule has 19 heavy (non-hydrogen) atoms. The van der Waals surface area contributed by atoms with Crippen molar-refractivity contribution in [1.82, 2.24) is 0 Å². The van der Waals surface area contributed by atoms with E-state index in [1.807, 2.05) is 27.7 Å². The van der Waals surface area contributed by atoms with E-state index in [0.29, 0.717) is 0 Å². The molecule has 0 unspecified atom stereocenters. The first kappa shape index (κ1) is 15.5. The molecule has 1 rings (SSSR count). The Kier molecular flexibility index (Phi) is 5.31. The molecule has 1 aliphatic carbocycles. The molecule has 0 saturated carbocycles. The van der Waals surface area contributed by atoms with E-state index in [9.17, 15) is 0 Å². The molecule has 0 saturated heterocycles. The van der Waals surface area contributed by atoms with E-state index in [2.05, 4.69) is 55.5 Å². The zero-order chi connectivity index (χ0) is 14.5. The lowest BCUT2D eigenvalue weighted by atomic mass is 9.87. The van der Waals surface area contributed by atoms with Crippen LogP contribution < -0.4 is 5.73 Å². The summed E-state index contributed by atoms with van der Waals surface area (Å²) in [6.45, 7) is 10.2. The number of rotatable bonds is 4. The van der Waals surface area contributed by atoms with E-state index in [0.717, 1.165) is 0 Å². The fourth-order valence-corrected chi connectivity index (χ4v) is 2.55. The van der Waals surface area contributed by atoms with Crippen molar-refractivity contribution in [3.05, 3.63) is 70.9 Å². The lowest BCUT2D eigenvalue weighted by Gasteiger charge is -2.24. The third-order valence-corrected chi connectivity index (χ3v) is 3.32. The van der Waals surface area contributed by atoms with Crippen molar-refractivity contribution >= 4 is 0 Å². The quantitative estimate of drug-likeness (QED) is 0.779. The van der Waals surface area contributed by atoms with Crippen molar-refractivity contribution in [3.8, 4) is 0 Å². The average Bonchev–Trinajstić information content (AvgIpc) is 2.54. The number of hydrogen-bond donors (Lipinski definition) is 1. The fourth-order valence-electron chi connectivity index (χ4n) is 2.55. The van der Waals surface area contributed by atoms with Crippen LogP contribution in [0.2, 0.25) is 0 Å². The summed E-state index contributed by atoms with van der Waals surface area (Å²) in [6.07, 6.45) is 16.8. The second kappa shape index (κ2) is 6.53. The van der Waals surface area contributed by atoms with Crippen molar-refractivity contribution in [2.24, 2.45) is 5.73 Å². The van der Waals surface area contributed by atoms with Gasteiger partial charge in [-0.2, -0.15) is 0 Å². The van der Waals surface area contributed by atoms with Crippen LogP contribution in [0, 0.1) is 0 Å². The number of hydrogen-bond acceptors (Lipinski definition) is 1. The Morgan fingerprint density at radius 2 is 1.00 bits per heavy atom. The molecule has 0 bridgehead atoms. The summed E-state index contributed by atoms with van der Waals surface area (Å²) < 4.78 is 0. The van der Waals surface area contributed by atoms with Gasteiger partial charge < -0.3 is 5.73 Å². The van der Waals surface area contributed by atoms with Gasteiger partial charge in [0.1, 0.15) is 0 Å². The summed E-state index contributed by atoms with van der Waals surface area (Å²) in [6, 6.07) is 0. The number of nitrogens with two attached hydrogens (primary N) is 1. The molecule has 0 atom stereocenters. The molecule has 102 valence electrons. The molecule has 0 heterocycles. The SMILES string of the molecule is C/C=C\C1=C(/C=C\C)C(C)(N)C(/C=C\C)=C1/C=C\C. The second-order valence-electron chi connectivity index (χ2n) is 4.86. The van der Waals surface area contributed by atoms with Crippen LogP contribution in [-0.4, -0.2) is 5.54 Å². The van der Waals surface area contributed by atoms with Crippen molar-refractivity contribution in [1.29, 1.82) is 0 Å². The third kappa shape index (κ3) is 2.87. The van der Waals surface area contributed by atoms with Gasteiger partial charge in [0.25, 0.3) is 0 Å². The van der Waals surface area contributed by atoms with Crippen LogP contribution in [0.4, 0.5) is 0 Å². The second-order valence-corrected chi connectivity index (χ2v) is 4.86. The van der Waals surface area contributed by atoms with Crippen LogP contribution in [0.5, 0.6) is 0 Å². The molecular weight excluding hydrogens is 230 g/mol. The summed E-state index contributed by atoms with van der Waals surface area (Å²) in [4.78, 5) is 0. The van der Waals surface area contributed by atoms with Crippen LogP contribution in [0.3, 0.4) is 0 Å². The Hall–Kier alpha value is -1.60. The highest BCUT2D eigenvalue weighted by Gasteiger charge is 2.36. The van der Waals surface area contributed by atoms with Gasteiger partial charge in [-0.1, -0.05) is 48.6 Å². The van der Waals surface area contributed by atoms with E-state index < -0.39 is 5.54 Å². The lowest BCUT2D eigenvalue weighted by molar-refractivity contribution is 0.683. The summed E-state index contributed by atoms with van der Waals surface area (Å²) in [5.41, 5.74) is 10.9. The molecule has 0 spiro atoms. The van der Waals surface area contributed by atoms with Crippen molar-refractivity contribution < 1.29 is 0 Å². The van der Waals surface area contributed by atoms with Crippen LogP contribution in [0.25, 0.3) is 0 Å². The van der Waals surface area contributed by atoms with Crippen LogP contribution >= 0.6 is 0 Å². The fraction of sp³-hybridized carbons (Fsp3) is 0.333. The zero-order valence-corrected chi connectivity index (χ0v) is 12.7. The summed E-state index contributed by atoms with van der Waals surface area (Å²) in [7, 11) is 0.